The van der Waals surface area contributed by atoms with Crippen LogP contribution >= 0.6 is 11.6 Å². The quantitative estimate of drug-likeness (QED) is 0.354. The standard InChI is InChI=1S/C27H31ClN4O8S/c28-20-4-2-1-3-19(20)21-7-8-23(27(34)35)31(21)26(33)17-9-12-30(13-10-17)22-6-5-18(15-24(22)32(36)37)41(38,39)25-16-29-11-14-40-25/h1-6,15,17,21,23,25,29H,7-14,16H2,(H,34,35)/t21-,23+,25?/m1/s1. The zero-order chi connectivity index (χ0) is 29.3. The highest BCUT2D eigenvalue weighted by Crippen LogP contribution is 2.42. The van der Waals surface area contributed by atoms with Crippen LogP contribution in [0.1, 0.15) is 37.3 Å². The number of nitro groups is 1. The number of halogens is 1. The van der Waals surface area contributed by atoms with Crippen LogP contribution in [0.25, 0.3) is 0 Å². The molecule has 3 heterocycles. The molecule has 41 heavy (non-hydrogen) atoms. The third-order valence-electron chi connectivity index (χ3n) is 8.09. The van der Waals surface area contributed by atoms with Gasteiger partial charge in [0.05, 0.1) is 22.5 Å². The molecule has 2 aromatic carbocycles. The van der Waals surface area contributed by atoms with Crippen LogP contribution in [0.3, 0.4) is 0 Å². The summed E-state index contributed by atoms with van der Waals surface area (Å²) in [6, 6.07) is 9.54. The number of rotatable bonds is 7. The zero-order valence-electron chi connectivity index (χ0n) is 22.1. The second-order valence-corrected chi connectivity index (χ2v) is 12.9. The summed E-state index contributed by atoms with van der Waals surface area (Å²) in [5, 5.41) is 25.3. The van der Waals surface area contributed by atoms with Gasteiger partial charge in [-0.15, -0.1) is 0 Å². The van der Waals surface area contributed by atoms with Gasteiger partial charge >= 0.3 is 5.97 Å². The fourth-order valence-corrected chi connectivity index (χ4v) is 7.69. The molecule has 3 aliphatic heterocycles. The van der Waals surface area contributed by atoms with E-state index < -0.39 is 44.2 Å². The third-order valence-corrected chi connectivity index (χ3v) is 10.3. The Morgan fingerprint density at radius 2 is 1.83 bits per heavy atom. The van der Waals surface area contributed by atoms with E-state index in [1.807, 2.05) is 0 Å². The molecule has 0 saturated carbocycles. The fourth-order valence-electron chi connectivity index (χ4n) is 5.98. The summed E-state index contributed by atoms with van der Waals surface area (Å²) in [5.74, 6) is -1.80. The van der Waals surface area contributed by atoms with Gasteiger partial charge in [0.2, 0.25) is 15.7 Å². The Kier molecular flexibility index (Phi) is 8.50. The molecule has 0 spiro atoms. The molecular weight excluding hydrogens is 576 g/mol. The Balaban J connectivity index is 1.33. The maximum absolute atomic E-state index is 13.7. The minimum atomic E-state index is -3.95. The van der Waals surface area contributed by atoms with Crippen molar-refractivity contribution >= 4 is 44.7 Å². The SMILES string of the molecule is O=C(O)[C@@H]1CC[C@H](c2ccccc2Cl)N1C(=O)C1CCN(c2ccc(S(=O)(=O)C3CNCCO3)cc2[N+](=O)[O-])CC1. The van der Waals surface area contributed by atoms with E-state index >= 15 is 0 Å². The first-order valence-electron chi connectivity index (χ1n) is 13.5. The lowest BCUT2D eigenvalue weighted by Crippen LogP contribution is -2.47. The summed E-state index contributed by atoms with van der Waals surface area (Å²) in [5.41, 5.74) is -0.494. The number of benzene rings is 2. The molecule has 12 nitrogen and oxygen atoms in total. The highest BCUT2D eigenvalue weighted by atomic mass is 35.5. The molecule has 3 saturated heterocycles. The smallest absolute Gasteiger partial charge is 0.326 e. The predicted molar refractivity (Wildman–Crippen MR) is 150 cm³/mol. The second kappa shape index (κ2) is 11.9. The van der Waals surface area contributed by atoms with E-state index in [2.05, 4.69) is 5.32 Å². The number of carboxylic acids is 1. The van der Waals surface area contributed by atoms with Crippen LogP contribution in [0.15, 0.2) is 47.4 Å². The van der Waals surface area contributed by atoms with Gasteiger partial charge in [0.1, 0.15) is 11.7 Å². The number of ether oxygens (including phenoxy) is 1. The maximum Gasteiger partial charge on any atom is 0.326 e. The number of carboxylic acid groups (broad SMARTS) is 1. The van der Waals surface area contributed by atoms with Crippen molar-refractivity contribution in [2.24, 2.45) is 5.92 Å². The number of likely N-dealkylation sites (tertiary alicyclic amines) is 1. The van der Waals surface area contributed by atoms with Gasteiger partial charge < -0.3 is 25.0 Å². The number of carbonyl (C=O) groups excluding carboxylic acids is 1. The first-order valence-corrected chi connectivity index (χ1v) is 15.4. The number of sulfone groups is 1. The number of hydrogen-bond donors (Lipinski definition) is 2. The number of anilines is 1. The van der Waals surface area contributed by atoms with E-state index in [-0.39, 0.29) is 35.3 Å². The number of morpholine rings is 1. The number of nitrogens with one attached hydrogen (secondary N) is 1. The Labute approximate surface area is 242 Å². The molecule has 0 aromatic heterocycles. The van der Waals surface area contributed by atoms with Crippen LogP contribution in [0.5, 0.6) is 0 Å². The molecule has 14 heteroatoms. The summed E-state index contributed by atoms with van der Waals surface area (Å²) in [7, 11) is -3.95. The maximum atomic E-state index is 13.7. The molecule has 5 rings (SSSR count). The Bertz CT molecular complexity index is 1440. The van der Waals surface area contributed by atoms with E-state index in [0.717, 1.165) is 6.07 Å². The highest BCUT2D eigenvalue weighted by molar-refractivity contribution is 7.92. The number of piperidine rings is 1. The van der Waals surface area contributed by atoms with Gasteiger partial charge in [0.15, 0.2) is 5.44 Å². The molecular formula is C27H31ClN4O8S. The number of aliphatic carboxylic acids is 1. The van der Waals surface area contributed by atoms with Crippen LogP contribution in [0.2, 0.25) is 5.02 Å². The number of amides is 1. The summed E-state index contributed by atoms with van der Waals surface area (Å²) < 4.78 is 31.4. The van der Waals surface area contributed by atoms with Crippen molar-refractivity contribution in [1.29, 1.82) is 0 Å². The topological polar surface area (TPSA) is 159 Å². The monoisotopic (exact) mass is 606 g/mol. The fraction of sp³-hybridized carbons (Fsp3) is 0.481. The predicted octanol–water partition coefficient (Wildman–Crippen LogP) is 3.00. The molecule has 220 valence electrons. The van der Waals surface area contributed by atoms with E-state index in [1.54, 1.807) is 29.2 Å². The molecule has 0 bridgehead atoms. The first-order chi connectivity index (χ1) is 19.6. The lowest BCUT2D eigenvalue weighted by Gasteiger charge is -2.37. The first kappa shape index (κ1) is 29.2. The van der Waals surface area contributed by atoms with Crippen molar-refractivity contribution in [3.63, 3.8) is 0 Å². The summed E-state index contributed by atoms with van der Waals surface area (Å²) in [6.45, 7) is 1.46. The summed E-state index contributed by atoms with van der Waals surface area (Å²) in [4.78, 5) is 40.2. The number of nitro benzene ring substituents is 1. The van der Waals surface area contributed by atoms with Crippen molar-refractivity contribution in [2.75, 3.05) is 37.7 Å². The summed E-state index contributed by atoms with van der Waals surface area (Å²) in [6.07, 6.45) is 1.51. The molecule has 0 aliphatic carbocycles. The highest BCUT2D eigenvalue weighted by Gasteiger charge is 2.45. The normalized spacial score (nSPS) is 23.9. The van der Waals surface area contributed by atoms with Gasteiger partial charge in [0, 0.05) is 43.2 Å². The molecule has 3 aliphatic rings. The second-order valence-electron chi connectivity index (χ2n) is 10.4. The largest absolute Gasteiger partial charge is 0.480 e. The lowest BCUT2D eigenvalue weighted by molar-refractivity contribution is -0.384. The van der Waals surface area contributed by atoms with Gasteiger partial charge in [-0.2, -0.15) is 0 Å². The van der Waals surface area contributed by atoms with Crippen molar-refractivity contribution < 1.29 is 32.8 Å². The minimum absolute atomic E-state index is 0.0938. The molecule has 3 atom stereocenters. The molecule has 2 N–H and O–H groups in total. The number of carbonyl (C=O) groups is 2. The zero-order valence-corrected chi connectivity index (χ0v) is 23.7. The summed E-state index contributed by atoms with van der Waals surface area (Å²) >= 11 is 6.40. The Hall–Kier alpha value is -3.26. The van der Waals surface area contributed by atoms with Crippen molar-refractivity contribution in [2.45, 2.75) is 48.1 Å². The van der Waals surface area contributed by atoms with Crippen LogP contribution in [0, 0.1) is 16.0 Å². The van der Waals surface area contributed by atoms with Gasteiger partial charge in [-0.25, -0.2) is 13.2 Å². The lowest BCUT2D eigenvalue weighted by atomic mass is 9.93. The van der Waals surface area contributed by atoms with Gasteiger partial charge in [-0.1, -0.05) is 29.8 Å². The van der Waals surface area contributed by atoms with E-state index in [4.69, 9.17) is 16.3 Å². The molecule has 2 aromatic rings. The van der Waals surface area contributed by atoms with Crippen molar-refractivity contribution in [3.05, 3.63) is 63.2 Å². The van der Waals surface area contributed by atoms with Crippen molar-refractivity contribution in [3.8, 4) is 0 Å². The molecule has 1 amide bonds. The van der Waals surface area contributed by atoms with Crippen LogP contribution in [-0.2, 0) is 24.2 Å². The third kappa shape index (κ3) is 5.76. The van der Waals surface area contributed by atoms with Gasteiger partial charge in [-0.05, 0) is 49.4 Å². The van der Waals surface area contributed by atoms with Gasteiger partial charge in [-0.3, -0.25) is 14.9 Å². The number of nitrogens with zero attached hydrogens (tertiary/aromatic N) is 3. The van der Waals surface area contributed by atoms with Crippen molar-refractivity contribution in [1.82, 2.24) is 10.2 Å². The van der Waals surface area contributed by atoms with Crippen LogP contribution in [-0.4, -0.2) is 79.5 Å². The Morgan fingerprint density at radius 1 is 1.10 bits per heavy atom. The molecule has 0 radical (unpaired) electrons. The van der Waals surface area contributed by atoms with E-state index in [0.29, 0.717) is 55.9 Å². The average Bonchev–Trinajstić information content (AvgIpc) is 3.42. The molecule has 3 fully saturated rings. The van der Waals surface area contributed by atoms with Crippen LogP contribution in [0.4, 0.5) is 11.4 Å². The average molecular weight is 607 g/mol. The Morgan fingerprint density at radius 3 is 2.46 bits per heavy atom. The minimum Gasteiger partial charge on any atom is -0.480 e. The van der Waals surface area contributed by atoms with E-state index in [1.165, 1.54) is 17.0 Å². The number of hydrogen-bond acceptors (Lipinski definition) is 9. The van der Waals surface area contributed by atoms with E-state index in [9.17, 15) is 33.2 Å². The van der Waals surface area contributed by atoms with Gasteiger partial charge in [0.25, 0.3) is 5.69 Å². The van der Waals surface area contributed by atoms with Crippen LogP contribution < -0.4 is 10.2 Å². The molecule has 1 unspecified atom stereocenters.